The fraction of sp³-hybridized carbons (Fsp3) is 0.364. The number of halogens is 4. The average molecular weight is 518 g/mol. The molecule has 0 aliphatic heterocycles. The molecule has 0 saturated carbocycles. The van der Waals surface area contributed by atoms with Gasteiger partial charge in [0.1, 0.15) is 23.3 Å². The molecule has 0 fully saturated rings. The van der Waals surface area contributed by atoms with Gasteiger partial charge in [-0.05, 0) is 30.7 Å². The van der Waals surface area contributed by atoms with Gasteiger partial charge in [0.05, 0.1) is 25.5 Å². The Hall–Kier alpha value is -2.15. The molecule has 184 valence electrons. The second kappa shape index (κ2) is 12.0. The molecule has 0 bridgehead atoms. The van der Waals surface area contributed by atoms with E-state index in [0.717, 1.165) is 17.7 Å². The molecular weight excluding hydrogens is 495 g/mol. The van der Waals surface area contributed by atoms with E-state index in [9.17, 15) is 28.5 Å². The molecule has 1 aromatic heterocycles. The van der Waals surface area contributed by atoms with Crippen LogP contribution in [0.4, 0.5) is 13.2 Å². The monoisotopic (exact) mass is 517 g/mol. The Morgan fingerprint density at radius 1 is 1.15 bits per heavy atom. The Bertz CT molecular complexity index is 1080. The van der Waals surface area contributed by atoms with Crippen LogP contribution in [0.25, 0.3) is 11.3 Å². The molecule has 34 heavy (non-hydrogen) atoms. The molecule has 4 atom stereocenters. The minimum absolute atomic E-state index is 0.0208. The highest BCUT2D eigenvalue weighted by atomic mass is 35.5. The first-order valence-electron chi connectivity index (χ1n) is 10.2. The van der Waals surface area contributed by atoms with E-state index in [1.165, 1.54) is 29.6 Å². The van der Waals surface area contributed by atoms with E-state index in [2.05, 4.69) is 10.3 Å². The third kappa shape index (κ3) is 6.71. The molecule has 0 aliphatic rings. The van der Waals surface area contributed by atoms with E-state index < -0.39 is 47.8 Å². The molecule has 1 heterocycles. The number of thioether (sulfide) groups is 1. The van der Waals surface area contributed by atoms with Crippen molar-refractivity contribution in [3.05, 3.63) is 70.6 Å². The Morgan fingerprint density at radius 3 is 2.44 bits per heavy atom. The van der Waals surface area contributed by atoms with Gasteiger partial charge in [0.25, 0.3) is 0 Å². The molecule has 2 unspecified atom stereocenters. The number of aromatic nitrogens is 3. The fourth-order valence-corrected chi connectivity index (χ4v) is 4.42. The average Bonchev–Trinajstić information content (AvgIpc) is 3.26. The van der Waals surface area contributed by atoms with Gasteiger partial charge in [-0.15, -0.1) is 16.9 Å². The molecule has 12 heteroatoms. The Balaban J connectivity index is 1.75. The molecule has 0 saturated heterocycles. The summed E-state index contributed by atoms with van der Waals surface area (Å²) in [7, 11) is 0. The zero-order valence-electron chi connectivity index (χ0n) is 18.0. The van der Waals surface area contributed by atoms with Crippen LogP contribution in [0, 0.1) is 17.5 Å². The molecule has 3 aromatic rings. The van der Waals surface area contributed by atoms with Gasteiger partial charge in [-0.2, -0.15) is 0 Å². The van der Waals surface area contributed by atoms with Crippen LogP contribution in [0.3, 0.4) is 0 Å². The minimum Gasteiger partial charge on any atom is -0.394 e. The van der Waals surface area contributed by atoms with Gasteiger partial charge in [0.2, 0.25) is 0 Å². The van der Waals surface area contributed by atoms with Crippen molar-refractivity contribution in [1.82, 2.24) is 15.0 Å². The van der Waals surface area contributed by atoms with Crippen molar-refractivity contribution in [2.24, 2.45) is 0 Å². The number of rotatable bonds is 11. The summed E-state index contributed by atoms with van der Waals surface area (Å²) in [5, 5.41) is 38.4. The molecule has 0 spiro atoms. The molecule has 0 amide bonds. The summed E-state index contributed by atoms with van der Waals surface area (Å²) in [5.74, 6) is -3.93. The number of aliphatic hydroxyl groups is 3. The zero-order valence-corrected chi connectivity index (χ0v) is 19.6. The lowest BCUT2D eigenvalue weighted by molar-refractivity contribution is -0.0972. The largest absolute Gasteiger partial charge is 0.394 e. The van der Waals surface area contributed by atoms with Gasteiger partial charge in [-0.3, -0.25) is 0 Å². The van der Waals surface area contributed by atoms with Crippen molar-refractivity contribution in [1.29, 1.82) is 0 Å². The Morgan fingerprint density at radius 2 is 1.82 bits per heavy atom. The highest BCUT2D eigenvalue weighted by Gasteiger charge is 2.28. The van der Waals surface area contributed by atoms with E-state index in [4.69, 9.17) is 16.3 Å². The summed E-state index contributed by atoms with van der Waals surface area (Å²) >= 11 is 7.40. The van der Waals surface area contributed by atoms with Crippen molar-refractivity contribution in [2.75, 3.05) is 6.61 Å². The van der Waals surface area contributed by atoms with Gasteiger partial charge in [0.15, 0.2) is 17.5 Å². The molecule has 2 aromatic carbocycles. The number of hydrogen-bond donors (Lipinski definition) is 3. The topological polar surface area (TPSA) is 101 Å². The Kier molecular flexibility index (Phi) is 9.34. The van der Waals surface area contributed by atoms with Crippen molar-refractivity contribution in [2.45, 2.75) is 43.0 Å². The minimum atomic E-state index is -1.58. The maximum absolute atomic E-state index is 13.5. The van der Waals surface area contributed by atoms with Crippen molar-refractivity contribution in [3.8, 4) is 11.3 Å². The third-order valence-corrected chi connectivity index (χ3v) is 6.49. The van der Waals surface area contributed by atoms with Gasteiger partial charge in [0, 0.05) is 16.3 Å². The summed E-state index contributed by atoms with van der Waals surface area (Å²) in [4.78, 5) is 0. The zero-order chi connectivity index (χ0) is 24.8. The molecular formula is C22H23ClF3N3O4S. The summed E-state index contributed by atoms with van der Waals surface area (Å²) in [5.41, 5.74) is -0.0526. The Labute approximate surface area is 203 Å². The van der Waals surface area contributed by atoms with Gasteiger partial charge in [-0.1, -0.05) is 35.0 Å². The van der Waals surface area contributed by atoms with Crippen LogP contribution in [0.1, 0.15) is 12.5 Å². The van der Waals surface area contributed by atoms with E-state index >= 15 is 0 Å². The first-order valence-corrected chi connectivity index (χ1v) is 11.6. The predicted octanol–water partition coefficient (Wildman–Crippen LogP) is 3.39. The maximum Gasteiger partial charge on any atom is 0.194 e. The van der Waals surface area contributed by atoms with Gasteiger partial charge in [-0.25, -0.2) is 17.9 Å². The lowest BCUT2D eigenvalue weighted by atomic mass is 10.1. The van der Waals surface area contributed by atoms with E-state index in [-0.39, 0.29) is 17.8 Å². The van der Waals surface area contributed by atoms with Crippen molar-refractivity contribution < 1.29 is 33.2 Å². The van der Waals surface area contributed by atoms with Crippen LogP contribution in [-0.4, -0.2) is 60.7 Å². The predicted molar refractivity (Wildman–Crippen MR) is 122 cm³/mol. The van der Waals surface area contributed by atoms with Crippen LogP contribution in [0.2, 0.25) is 5.02 Å². The molecule has 3 rings (SSSR count). The maximum atomic E-state index is 13.5. The highest BCUT2D eigenvalue weighted by molar-refractivity contribution is 7.99. The number of aliphatic hydroxyl groups excluding tert-OH is 3. The van der Waals surface area contributed by atoms with Crippen LogP contribution >= 0.6 is 23.4 Å². The smallest absolute Gasteiger partial charge is 0.194 e. The third-order valence-electron chi connectivity index (χ3n) is 4.89. The number of hydrogen-bond acceptors (Lipinski definition) is 7. The van der Waals surface area contributed by atoms with Crippen LogP contribution < -0.4 is 0 Å². The van der Waals surface area contributed by atoms with Crippen LogP contribution in [0.15, 0.2) is 42.6 Å². The van der Waals surface area contributed by atoms with E-state index in [1.54, 1.807) is 12.1 Å². The van der Waals surface area contributed by atoms with E-state index in [0.29, 0.717) is 10.8 Å². The molecule has 0 aliphatic carbocycles. The molecule has 0 radical (unpaired) electrons. The summed E-state index contributed by atoms with van der Waals surface area (Å²) in [6.45, 7) is 0.855. The summed E-state index contributed by atoms with van der Waals surface area (Å²) in [6.07, 6.45) is -1.79. The second-order valence-corrected chi connectivity index (χ2v) is 9.01. The fourth-order valence-electron chi connectivity index (χ4n) is 3.01. The van der Waals surface area contributed by atoms with Crippen molar-refractivity contribution >= 4 is 23.4 Å². The number of benzene rings is 2. The first kappa shape index (κ1) is 26.5. The number of nitrogens with zero attached hydrogens (tertiary/aromatic N) is 3. The quantitative estimate of drug-likeness (QED) is 0.265. The normalized spacial score (nSPS) is 15.2. The SMILES string of the molecule is C[C@@H](O)C(CO)OC(SCc1ccccc1Cl)[C@@H](O)Cn1cc(-c2cc(F)c(F)c(F)c2)nn1. The summed E-state index contributed by atoms with van der Waals surface area (Å²) < 4.78 is 47.3. The van der Waals surface area contributed by atoms with E-state index in [1.807, 2.05) is 12.1 Å². The van der Waals surface area contributed by atoms with Gasteiger partial charge >= 0.3 is 0 Å². The highest BCUT2D eigenvalue weighted by Crippen LogP contribution is 2.28. The van der Waals surface area contributed by atoms with Gasteiger partial charge < -0.3 is 20.1 Å². The van der Waals surface area contributed by atoms with Crippen LogP contribution in [0.5, 0.6) is 0 Å². The standard InChI is InChI=1S/C22H23ClF3N3O4S/c1-12(31)20(10-30)33-22(34-11-13-4-2-3-5-15(13)23)19(32)9-29-8-18(27-28-29)14-6-16(24)21(26)17(25)7-14/h2-8,12,19-20,22,30-32H,9-11H2,1H3/t12-,19+,20?,22?/m1/s1. The van der Waals surface area contributed by atoms with Crippen LogP contribution in [-0.2, 0) is 17.0 Å². The lowest BCUT2D eigenvalue weighted by Crippen LogP contribution is -2.39. The number of ether oxygens (including phenoxy) is 1. The summed E-state index contributed by atoms with van der Waals surface area (Å²) in [6, 6.07) is 8.75. The molecule has 3 N–H and O–H groups in total. The molecule has 7 nitrogen and oxygen atoms in total. The second-order valence-electron chi connectivity index (χ2n) is 7.52. The lowest BCUT2D eigenvalue weighted by Gasteiger charge is -2.28. The van der Waals surface area contributed by atoms with Crippen molar-refractivity contribution in [3.63, 3.8) is 0 Å². The first-order chi connectivity index (χ1) is 16.2.